The van der Waals surface area contributed by atoms with Gasteiger partial charge in [-0.15, -0.1) is 0 Å². The monoisotopic (exact) mass is 425 g/mol. The molecule has 82 valence electrons. The number of hydrogen-bond donors (Lipinski definition) is 0. The van der Waals surface area contributed by atoms with Crippen LogP contribution in [-0.2, 0) is 9.05 Å². The molecular formula is C6H2BrClINO4S. The summed E-state index contributed by atoms with van der Waals surface area (Å²) in [7, 11) is 1.15. The molecule has 0 aliphatic heterocycles. The van der Waals surface area contributed by atoms with Crippen molar-refractivity contribution in [3.63, 3.8) is 0 Å². The molecule has 0 aliphatic carbocycles. The second-order valence-electron chi connectivity index (χ2n) is 2.40. The summed E-state index contributed by atoms with van der Waals surface area (Å²) in [6, 6.07) is 2.48. The summed E-state index contributed by atoms with van der Waals surface area (Å²) in [5.74, 6) is 0. The van der Waals surface area contributed by atoms with Crippen LogP contribution in [-0.4, -0.2) is 13.3 Å². The lowest BCUT2D eigenvalue weighted by Crippen LogP contribution is -2.00. The molecule has 0 atom stereocenters. The Morgan fingerprint density at radius 3 is 2.40 bits per heavy atom. The third kappa shape index (κ3) is 2.80. The quantitative estimate of drug-likeness (QED) is 0.315. The normalized spacial score (nSPS) is 11.4. The summed E-state index contributed by atoms with van der Waals surface area (Å²) in [6.45, 7) is 0. The summed E-state index contributed by atoms with van der Waals surface area (Å²) >= 11 is 4.55. The molecule has 0 saturated carbocycles. The minimum atomic E-state index is -4.01. The summed E-state index contributed by atoms with van der Waals surface area (Å²) in [4.78, 5) is 9.61. The minimum Gasteiger partial charge on any atom is -0.258 e. The molecule has 15 heavy (non-hydrogen) atoms. The van der Waals surface area contributed by atoms with Crippen molar-refractivity contribution in [2.75, 3.05) is 0 Å². The number of halogens is 3. The molecule has 1 aromatic carbocycles. The van der Waals surface area contributed by atoms with E-state index in [0.29, 0.717) is 0 Å². The maximum absolute atomic E-state index is 11.2. The van der Waals surface area contributed by atoms with Crippen molar-refractivity contribution in [2.45, 2.75) is 4.90 Å². The fraction of sp³-hybridized carbons (Fsp3) is 0. The van der Waals surface area contributed by atoms with Gasteiger partial charge in [0.2, 0.25) is 0 Å². The van der Waals surface area contributed by atoms with Crippen LogP contribution in [0, 0.1) is 13.7 Å². The molecule has 0 fully saturated rings. The lowest BCUT2D eigenvalue weighted by atomic mass is 10.3. The van der Waals surface area contributed by atoms with Crippen LogP contribution in [0.1, 0.15) is 0 Å². The van der Waals surface area contributed by atoms with Crippen LogP contribution in [0.25, 0.3) is 0 Å². The Morgan fingerprint density at radius 2 is 2.00 bits per heavy atom. The number of nitro groups is 1. The number of benzene rings is 1. The van der Waals surface area contributed by atoms with E-state index >= 15 is 0 Å². The van der Waals surface area contributed by atoms with Gasteiger partial charge in [0.05, 0.1) is 4.92 Å². The second-order valence-corrected chi connectivity index (χ2v) is 6.84. The Hall–Kier alpha value is 0.0700. The Bertz CT molecular complexity index is 532. The highest BCUT2D eigenvalue weighted by molar-refractivity contribution is 14.1. The first-order chi connectivity index (χ1) is 6.75. The molecule has 0 heterocycles. The van der Waals surface area contributed by atoms with Gasteiger partial charge in [0, 0.05) is 21.2 Å². The van der Waals surface area contributed by atoms with Crippen LogP contribution in [0.2, 0.25) is 0 Å². The van der Waals surface area contributed by atoms with Gasteiger partial charge < -0.3 is 0 Å². The fourth-order valence-electron chi connectivity index (χ4n) is 0.887. The van der Waals surface area contributed by atoms with Gasteiger partial charge in [0.25, 0.3) is 14.7 Å². The predicted molar refractivity (Wildman–Crippen MR) is 66.6 cm³/mol. The third-order valence-electron chi connectivity index (χ3n) is 1.47. The van der Waals surface area contributed by atoms with Crippen molar-refractivity contribution < 1.29 is 13.3 Å². The largest absolute Gasteiger partial charge is 0.284 e. The molecule has 0 radical (unpaired) electrons. The van der Waals surface area contributed by atoms with Crippen LogP contribution in [0.3, 0.4) is 0 Å². The second kappa shape index (κ2) is 4.52. The summed E-state index contributed by atoms with van der Waals surface area (Å²) in [5.41, 5.74) is -0.293. The van der Waals surface area contributed by atoms with Gasteiger partial charge in [-0.1, -0.05) is 0 Å². The Kier molecular flexibility index (Phi) is 3.95. The third-order valence-corrected chi connectivity index (χ3v) is 5.23. The van der Waals surface area contributed by atoms with Crippen molar-refractivity contribution in [3.05, 3.63) is 30.3 Å². The van der Waals surface area contributed by atoms with Gasteiger partial charge in [-0.2, -0.15) is 0 Å². The van der Waals surface area contributed by atoms with Gasteiger partial charge in [0.15, 0.2) is 0 Å². The van der Waals surface area contributed by atoms with Crippen molar-refractivity contribution in [1.82, 2.24) is 0 Å². The zero-order valence-corrected chi connectivity index (χ0v) is 12.1. The molecule has 0 bridgehead atoms. The van der Waals surface area contributed by atoms with Crippen molar-refractivity contribution in [3.8, 4) is 0 Å². The van der Waals surface area contributed by atoms with E-state index in [1.54, 1.807) is 22.6 Å². The Labute approximate surface area is 112 Å². The molecule has 1 rings (SSSR count). The molecule has 0 saturated heterocycles. The number of nitrogens with zero attached hydrogens (tertiary/aromatic N) is 1. The van der Waals surface area contributed by atoms with Gasteiger partial charge in [0.1, 0.15) is 8.47 Å². The standard InChI is InChI=1S/C6H2BrClINO4S/c7-3-1-2-4(10(11)12)5(9)6(3)15(8,13)14/h1-2H. The topological polar surface area (TPSA) is 77.3 Å². The molecular weight excluding hydrogens is 424 g/mol. The minimum absolute atomic E-state index is 0.0121. The summed E-state index contributed by atoms with van der Waals surface area (Å²) < 4.78 is 22.5. The summed E-state index contributed by atoms with van der Waals surface area (Å²) in [6.07, 6.45) is 0. The zero-order valence-electron chi connectivity index (χ0n) is 6.78. The lowest BCUT2D eigenvalue weighted by molar-refractivity contribution is -0.386. The van der Waals surface area contributed by atoms with Crippen molar-refractivity contribution in [1.29, 1.82) is 0 Å². The molecule has 0 spiro atoms. The van der Waals surface area contributed by atoms with Crippen LogP contribution in [0.4, 0.5) is 5.69 Å². The fourth-order valence-corrected chi connectivity index (χ4v) is 5.53. The molecule has 0 amide bonds. The van der Waals surface area contributed by atoms with E-state index in [1.165, 1.54) is 12.1 Å². The number of rotatable bonds is 2. The van der Waals surface area contributed by atoms with Crippen LogP contribution in [0.5, 0.6) is 0 Å². The Balaban J connectivity index is 3.66. The maximum Gasteiger partial charge on any atom is 0.284 e. The average molecular weight is 426 g/mol. The highest BCUT2D eigenvalue weighted by Gasteiger charge is 2.25. The van der Waals surface area contributed by atoms with E-state index in [-0.39, 0.29) is 18.6 Å². The molecule has 9 heteroatoms. The molecule has 5 nitrogen and oxygen atoms in total. The van der Waals surface area contributed by atoms with E-state index in [0.717, 1.165) is 0 Å². The van der Waals surface area contributed by atoms with E-state index in [9.17, 15) is 18.5 Å². The SMILES string of the molecule is O=[N+]([O-])c1ccc(Br)c(S(=O)(=O)Cl)c1I. The predicted octanol–water partition coefficient (Wildman–Crippen LogP) is 2.89. The van der Waals surface area contributed by atoms with Gasteiger partial charge in [-0.05, 0) is 44.6 Å². The Morgan fingerprint density at radius 1 is 1.47 bits per heavy atom. The van der Waals surface area contributed by atoms with Gasteiger partial charge in [-0.3, -0.25) is 10.1 Å². The molecule has 0 unspecified atom stereocenters. The maximum atomic E-state index is 11.2. The molecule has 0 aromatic heterocycles. The van der Waals surface area contributed by atoms with E-state index in [4.69, 9.17) is 10.7 Å². The number of nitro benzene ring substituents is 1. The molecule has 0 N–H and O–H groups in total. The van der Waals surface area contributed by atoms with Crippen LogP contribution >= 0.6 is 49.2 Å². The van der Waals surface area contributed by atoms with E-state index in [2.05, 4.69) is 15.9 Å². The first-order valence-electron chi connectivity index (χ1n) is 3.32. The number of hydrogen-bond acceptors (Lipinski definition) is 4. The lowest BCUT2D eigenvalue weighted by Gasteiger charge is -2.03. The van der Waals surface area contributed by atoms with Crippen LogP contribution in [0.15, 0.2) is 21.5 Å². The summed E-state index contributed by atoms with van der Waals surface area (Å²) in [5, 5.41) is 10.6. The van der Waals surface area contributed by atoms with E-state index < -0.39 is 14.0 Å². The van der Waals surface area contributed by atoms with Gasteiger partial charge in [-0.25, -0.2) is 8.42 Å². The van der Waals surface area contributed by atoms with Gasteiger partial charge >= 0.3 is 0 Å². The van der Waals surface area contributed by atoms with Crippen molar-refractivity contribution in [2.24, 2.45) is 0 Å². The van der Waals surface area contributed by atoms with Crippen molar-refractivity contribution >= 4 is 63.9 Å². The average Bonchev–Trinajstić information content (AvgIpc) is 2.00. The zero-order chi connectivity index (χ0) is 11.8. The first-order valence-corrected chi connectivity index (χ1v) is 7.50. The highest BCUT2D eigenvalue weighted by atomic mass is 127. The molecule has 0 aliphatic rings. The smallest absolute Gasteiger partial charge is 0.258 e. The first kappa shape index (κ1) is 13.1. The van der Waals surface area contributed by atoms with Crippen LogP contribution < -0.4 is 0 Å². The van der Waals surface area contributed by atoms with E-state index in [1.807, 2.05) is 0 Å². The molecule has 1 aromatic rings. The highest BCUT2D eigenvalue weighted by Crippen LogP contribution is 2.35.